The van der Waals surface area contributed by atoms with Gasteiger partial charge in [0.2, 0.25) is 0 Å². The van der Waals surface area contributed by atoms with Gasteiger partial charge in [-0.3, -0.25) is 13.9 Å². The highest BCUT2D eigenvalue weighted by Crippen LogP contribution is 2.16. The van der Waals surface area contributed by atoms with E-state index in [1.54, 1.807) is 55.5 Å². The number of anilines is 1. The van der Waals surface area contributed by atoms with E-state index >= 15 is 0 Å². The van der Waals surface area contributed by atoms with Crippen LogP contribution in [0.15, 0.2) is 59.5 Å². The minimum absolute atomic E-state index is 0.156. The summed E-state index contributed by atoms with van der Waals surface area (Å²) in [5.41, 5.74) is 0.717. The van der Waals surface area contributed by atoms with E-state index in [2.05, 4.69) is 0 Å². The quantitative estimate of drug-likeness (QED) is 0.552. The van der Waals surface area contributed by atoms with Gasteiger partial charge in [-0.05, 0) is 24.3 Å². The lowest BCUT2D eigenvalue weighted by atomic mass is 10.2. The Morgan fingerprint density at radius 1 is 1.12 bits per heavy atom. The van der Waals surface area contributed by atoms with Gasteiger partial charge in [-0.15, -0.1) is 0 Å². The second kappa shape index (κ2) is 9.49. The molecule has 0 spiro atoms. The molecule has 0 aromatic heterocycles. The predicted molar refractivity (Wildman–Crippen MR) is 98.1 cm³/mol. The van der Waals surface area contributed by atoms with Crippen LogP contribution in [0.25, 0.3) is 0 Å². The molecule has 0 N–H and O–H groups in total. The third-order valence-electron chi connectivity index (χ3n) is 3.54. The van der Waals surface area contributed by atoms with Gasteiger partial charge in [0, 0.05) is 11.4 Å². The summed E-state index contributed by atoms with van der Waals surface area (Å²) in [6, 6.07) is 17.0. The molecule has 0 saturated carbocycles. The van der Waals surface area contributed by atoms with Crippen LogP contribution in [0.5, 0.6) is 0 Å². The van der Waals surface area contributed by atoms with E-state index in [0.717, 1.165) is 0 Å². The number of ether oxygens (including phenoxy) is 1. The Balaban J connectivity index is 2.10. The van der Waals surface area contributed by atoms with Crippen molar-refractivity contribution in [2.24, 2.45) is 0 Å². The standard InChI is InChI=1S/C19H18N2O4S/c1-2-26(24)17-11-7-6-10-16(17)19(23)25-14-18(22)21(13-12-20)15-8-4-3-5-9-15/h3-11H,2,13-14H2,1H3. The van der Waals surface area contributed by atoms with Crippen LogP contribution in [0.1, 0.15) is 17.3 Å². The Morgan fingerprint density at radius 3 is 2.42 bits per heavy atom. The Morgan fingerprint density at radius 2 is 1.77 bits per heavy atom. The van der Waals surface area contributed by atoms with Crippen molar-refractivity contribution < 1.29 is 18.5 Å². The molecule has 0 heterocycles. The maximum atomic E-state index is 12.4. The van der Waals surface area contributed by atoms with E-state index in [1.165, 1.54) is 11.0 Å². The maximum Gasteiger partial charge on any atom is 0.339 e. The number of hydrogen-bond donors (Lipinski definition) is 0. The van der Waals surface area contributed by atoms with Gasteiger partial charge in [0.15, 0.2) is 6.61 Å². The van der Waals surface area contributed by atoms with Crippen LogP contribution in [-0.2, 0) is 20.3 Å². The van der Waals surface area contributed by atoms with Crippen LogP contribution < -0.4 is 4.90 Å². The van der Waals surface area contributed by atoms with Crippen molar-refractivity contribution in [3.05, 3.63) is 60.2 Å². The molecule has 0 aliphatic rings. The van der Waals surface area contributed by atoms with Gasteiger partial charge in [0.05, 0.1) is 27.3 Å². The van der Waals surface area contributed by atoms with Crippen molar-refractivity contribution in [2.45, 2.75) is 11.8 Å². The van der Waals surface area contributed by atoms with Crippen LogP contribution in [0.2, 0.25) is 0 Å². The Labute approximate surface area is 154 Å². The summed E-state index contributed by atoms with van der Waals surface area (Å²) in [5.74, 6) is -0.867. The molecule has 1 amide bonds. The number of nitrogens with zero attached hydrogens (tertiary/aromatic N) is 2. The number of benzene rings is 2. The SMILES string of the molecule is CCS(=O)c1ccccc1C(=O)OCC(=O)N(CC#N)c1ccccc1. The summed E-state index contributed by atoms with van der Waals surface area (Å²) < 4.78 is 17.1. The van der Waals surface area contributed by atoms with Crippen LogP contribution in [0, 0.1) is 11.3 Å². The van der Waals surface area contributed by atoms with E-state index < -0.39 is 29.3 Å². The van der Waals surface area contributed by atoms with Crippen molar-refractivity contribution >= 4 is 28.4 Å². The van der Waals surface area contributed by atoms with Crippen molar-refractivity contribution in [2.75, 3.05) is 23.8 Å². The summed E-state index contributed by atoms with van der Waals surface area (Å²) in [4.78, 5) is 26.3. The molecule has 0 fully saturated rings. The fourth-order valence-electron chi connectivity index (χ4n) is 2.27. The number of hydrogen-bond acceptors (Lipinski definition) is 5. The second-order valence-electron chi connectivity index (χ2n) is 5.18. The third-order valence-corrected chi connectivity index (χ3v) is 4.91. The molecule has 134 valence electrons. The number of carbonyl (C=O) groups is 2. The zero-order valence-electron chi connectivity index (χ0n) is 14.3. The van der Waals surface area contributed by atoms with Crippen LogP contribution in [0.4, 0.5) is 5.69 Å². The number of amides is 1. The van der Waals surface area contributed by atoms with Crippen molar-refractivity contribution in [1.82, 2.24) is 0 Å². The minimum Gasteiger partial charge on any atom is -0.452 e. The first kappa shape index (κ1) is 19.3. The van der Waals surface area contributed by atoms with Gasteiger partial charge < -0.3 is 4.74 Å². The molecular weight excluding hydrogens is 352 g/mol. The number of carbonyl (C=O) groups excluding carboxylic acids is 2. The number of nitriles is 1. The molecule has 2 aromatic rings. The number of rotatable bonds is 7. The molecule has 0 radical (unpaired) electrons. The van der Waals surface area contributed by atoms with E-state index in [1.807, 2.05) is 6.07 Å². The zero-order valence-corrected chi connectivity index (χ0v) is 15.1. The third kappa shape index (κ3) is 4.77. The smallest absolute Gasteiger partial charge is 0.339 e. The molecular formula is C19H18N2O4S. The summed E-state index contributed by atoms with van der Waals surface area (Å²) >= 11 is 0. The fraction of sp³-hybridized carbons (Fsp3) is 0.211. The van der Waals surface area contributed by atoms with Crippen LogP contribution in [-0.4, -0.2) is 35.0 Å². The van der Waals surface area contributed by atoms with Crippen LogP contribution in [0.3, 0.4) is 0 Å². The minimum atomic E-state index is -1.32. The topological polar surface area (TPSA) is 87.5 Å². The van der Waals surface area contributed by atoms with Gasteiger partial charge in [-0.25, -0.2) is 4.79 Å². The number of para-hydroxylation sites is 1. The molecule has 0 aliphatic heterocycles. The molecule has 26 heavy (non-hydrogen) atoms. The summed E-state index contributed by atoms with van der Waals surface area (Å²) in [6.07, 6.45) is 0. The van der Waals surface area contributed by atoms with Gasteiger partial charge in [0.1, 0.15) is 6.54 Å². The predicted octanol–water partition coefficient (Wildman–Crippen LogP) is 2.53. The molecule has 0 saturated heterocycles. The molecule has 6 nitrogen and oxygen atoms in total. The van der Waals surface area contributed by atoms with Crippen LogP contribution >= 0.6 is 0 Å². The number of esters is 1. The molecule has 2 rings (SSSR count). The lowest BCUT2D eigenvalue weighted by Crippen LogP contribution is -2.35. The Hall–Kier alpha value is -2.98. The Kier molecular flexibility index (Phi) is 7.06. The monoisotopic (exact) mass is 370 g/mol. The van der Waals surface area contributed by atoms with Gasteiger partial charge in [-0.1, -0.05) is 37.3 Å². The average molecular weight is 370 g/mol. The molecule has 0 bridgehead atoms. The molecule has 1 unspecified atom stereocenters. The molecule has 0 aliphatic carbocycles. The maximum absolute atomic E-state index is 12.4. The first-order chi connectivity index (χ1) is 12.6. The van der Waals surface area contributed by atoms with Gasteiger partial charge in [-0.2, -0.15) is 5.26 Å². The first-order valence-electron chi connectivity index (χ1n) is 7.95. The summed E-state index contributed by atoms with van der Waals surface area (Å²) in [7, 11) is -1.32. The molecule has 7 heteroatoms. The lowest BCUT2D eigenvalue weighted by molar-refractivity contribution is -0.121. The highest BCUT2D eigenvalue weighted by atomic mass is 32.2. The largest absolute Gasteiger partial charge is 0.452 e. The fourth-order valence-corrected chi connectivity index (χ4v) is 3.21. The lowest BCUT2D eigenvalue weighted by Gasteiger charge is -2.19. The zero-order chi connectivity index (χ0) is 18.9. The second-order valence-corrected chi connectivity index (χ2v) is 6.89. The summed E-state index contributed by atoms with van der Waals surface area (Å²) in [6.45, 7) is 1.08. The van der Waals surface area contributed by atoms with E-state index in [0.29, 0.717) is 16.3 Å². The van der Waals surface area contributed by atoms with Gasteiger partial charge >= 0.3 is 5.97 Å². The molecule has 1 atom stereocenters. The van der Waals surface area contributed by atoms with Crippen molar-refractivity contribution in [3.63, 3.8) is 0 Å². The average Bonchev–Trinajstić information content (AvgIpc) is 2.70. The molecule has 2 aromatic carbocycles. The van der Waals surface area contributed by atoms with Gasteiger partial charge in [0.25, 0.3) is 5.91 Å². The summed E-state index contributed by atoms with van der Waals surface area (Å²) in [5, 5.41) is 8.94. The van der Waals surface area contributed by atoms with E-state index in [4.69, 9.17) is 10.00 Å². The highest BCUT2D eigenvalue weighted by Gasteiger charge is 2.20. The first-order valence-corrected chi connectivity index (χ1v) is 9.27. The van der Waals surface area contributed by atoms with E-state index in [9.17, 15) is 13.8 Å². The van der Waals surface area contributed by atoms with Crippen molar-refractivity contribution in [1.29, 1.82) is 5.26 Å². The Bertz CT molecular complexity index is 846. The van der Waals surface area contributed by atoms with Crippen molar-refractivity contribution in [3.8, 4) is 6.07 Å². The highest BCUT2D eigenvalue weighted by molar-refractivity contribution is 7.85. The van der Waals surface area contributed by atoms with E-state index in [-0.39, 0.29) is 12.1 Å². The normalized spacial score (nSPS) is 11.2.